The second kappa shape index (κ2) is 6.59. The molecule has 1 aromatic carbocycles. The van der Waals surface area contributed by atoms with Crippen LogP contribution < -0.4 is 5.32 Å². The van der Waals surface area contributed by atoms with Gasteiger partial charge in [-0.3, -0.25) is 4.90 Å². The number of likely N-dealkylation sites (N-methyl/N-ethyl adjacent to an activating group) is 1. The van der Waals surface area contributed by atoms with Crippen LogP contribution in [0.1, 0.15) is 30.9 Å². The van der Waals surface area contributed by atoms with Gasteiger partial charge in [0.25, 0.3) is 0 Å². The van der Waals surface area contributed by atoms with Crippen LogP contribution in [0.5, 0.6) is 0 Å². The Morgan fingerprint density at radius 1 is 1.35 bits per heavy atom. The summed E-state index contributed by atoms with van der Waals surface area (Å²) in [5.74, 6) is 0. The zero-order valence-corrected chi connectivity index (χ0v) is 11.7. The van der Waals surface area contributed by atoms with Crippen molar-refractivity contribution in [2.24, 2.45) is 0 Å². The highest BCUT2D eigenvalue weighted by Gasteiger charge is 2.30. The fraction of sp³-hybridized carbons (Fsp3) is 0.600. The predicted molar refractivity (Wildman–Crippen MR) is 73.4 cm³/mol. The molecule has 1 aliphatic heterocycles. The van der Waals surface area contributed by atoms with Crippen LogP contribution in [-0.2, 0) is 12.7 Å². The molecule has 1 atom stereocenters. The number of hydrogen-bond acceptors (Lipinski definition) is 2. The summed E-state index contributed by atoms with van der Waals surface area (Å²) in [4.78, 5) is 2.42. The molecule has 0 amide bonds. The molecule has 0 radical (unpaired) electrons. The third kappa shape index (κ3) is 3.96. The topological polar surface area (TPSA) is 15.3 Å². The quantitative estimate of drug-likeness (QED) is 0.893. The van der Waals surface area contributed by atoms with Crippen molar-refractivity contribution in [2.75, 3.05) is 19.6 Å². The summed E-state index contributed by atoms with van der Waals surface area (Å²) >= 11 is 0. The van der Waals surface area contributed by atoms with Gasteiger partial charge < -0.3 is 5.32 Å². The zero-order valence-electron chi connectivity index (χ0n) is 11.7. The first-order chi connectivity index (χ1) is 9.50. The lowest BCUT2D eigenvalue weighted by Crippen LogP contribution is -2.37. The number of rotatable bonds is 5. The molecule has 112 valence electrons. The van der Waals surface area contributed by atoms with Crippen LogP contribution in [0.3, 0.4) is 0 Å². The molecule has 2 rings (SSSR count). The summed E-state index contributed by atoms with van der Waals surface area (Å²) in [6, 6.07) is 6.05. The van der Waals surface area contributed by atoms with Crippen molar-refractivity contribution in [3.05, 3.63) is 35.4 Å². The fourth-order valence-electron chi connectivity index (χ4n) is 2.78. The van der Waals surface area contributed by atoms with Crippen LogP contribution in [-0.4, -0.2) is 30.6 Å². The SMILES string of the molecule is CCN1CCCC1CNCc1cccc(C(F)(F)F)c1. The number of alkyl halides is 3. The Balaban J connectivity index is 1.85. The molecule has 1 fully saturated rings. The lowest BCUT2D eigenvalue weighted by molar-refractivity contribution is -0.137. The summed E-state index contributed by atoms with van der Waals surface area (Å²) < 4.78 is 37.8. The second-order valence-electron chi connectivity index (χ2n) is 5.25. The lowest BCUT2D eigenvalue weighted by atomic mass is 10.1. The van der Waals surface area contributed by atoms with Gasteiger partial charge in [0.1, 0.15) is 0 Å². The normalized spacial score (nSPS) is 20.5. The van der Waals surface area contributed by atoms with E-state index >= 15 is 0 Å². The molecule has 20 heavy (non-hydrogen) atoms. The van der Waals surface area contributed by atoms with Gasteiger partial charge in [-0.2, -0.15) is 13.2 Å². The Kier molecular flexibility index (Phi) is 5.05. The number of nitrogens with zero attached hydrogens (tertiary/aromatic N) is 1. The summed E-state index contributed by atoms with van der Waals surface area (Å²) in [7, 11) is 0. The predicted octanol–water partition coefficient (Wildman–Crippen LogP) is 3.28. The highest BCUT2D eigenvalue weighted by Crippen LogP contribution is 2.29. The van der Waals surface area contributed by atoms with Gasteiger partial charge in [0.2, 0.25) is 0 Å². The van der Waals surface area contributed by atoms with Crippen molar-refractivity contribution in [2.45, 2.75) is 38.5 Å². The largest absolute Gasteiger partial charge is 0.416 e. The van der Waals surface area contributed by atoms with E-state index in [1.807, 2.05) is 0 Å². The van der Waals surface area contributed by atoms with Gasteiger partial charge in [-0.15, -0.1) is 0 Å². The molecular formula is C15H21F3N2. The Hall–Kier alpha value is -1.07. The van der Waals surface area contributed by atoms with Gasteiger partial charge in [0.05, 0.1) is 5.56 Å². The Labute approximate surface area is 118 Å². The molecule has 1 saturated heterocycles. The highest BCUT2D eigenvalue weighted by atomic mass is 19.4. The summed E-state index contributed by atoms with van der Waals surface area (Å²) in [5.41, 5.74) is 0.105. The van der Waals surface area contributed by atoms with E-state index in [2.05, 4.69) is 17.1 Å². The van der Waals surface area contributed by atoms with E-state index in [0.717, 1.165) is 25.7 Å². The fourth-order valence-corrected chi connectivity index (χ4v) is 2.78. The Morgan fingerprint density at radius 2 is 2.15 bits per heavy atom. The van der Waals surface area contributed by atoms with Crippen LogP contribution in [0, 0.1) is 0 Å². The highest BCUT2D eigenvalue weighted by molar-refractivity contribution is 5.25. The molecule has 0 saturated carbocycles. The van der Waals surface area contributed by atoms with Crippen LogP contribution in [0.15, 0.2) is 24.3 Å². The van der Waals surface area contributed by atoms with Crippen LogP contribution >= 0.6 is 0 Å². The number of likely N-dealkylation sites (tertiary alicyclic amines) is 1. The molecule has 0 aromatic heterocycles. The van der Waals surface area contributed by atoms with Gasteiger partial charge in [-0.05, 0) is 37.6 Å². The average Bonchev–Trinajstić information content (AvgIpc) is 2.86. The van der Waals surface area contributed by atoms with Crippen molar-refractivity contribution in [3.8, 4) is 0 Å². The third-order valence-electron chi connectivity index (χ3n) is 3.87. The van der Waals surface area contributed by atoms with Gasteiger partial charge >= 0.3 is 6.18 Å². The van der Waals surface area contributed by atoms with Crippen molar-refractivity contribution in [1.82, 2.24) is 10.2 Å². The van der Waals surface area contributed by atoms with Gasteiger partial charge in [0.15, 0.2) is 0 Å². The zero-order chi connectivity index (χ0) is 14.6. The first-order valence-electron chi connectivity index (χ1n) is 7.11. The number of hydrogen-bond donors (Lipinski definition) is 1. The molecule has 2 nitrogen and oxygen atoms in total. The van der Waals surface area contributed by atoms with Crippen molar-refractivity contribution >= 4 is 0 Å². The molecule has 1 heterocycles. The molecule has 0 spiro atoms. The molecule has 1 N–H and O–H groups in total. The molecule has 1 aliphatic rings. The van der Waals surface area contributed by atoms with Crippen LogP contribution in [0.4, 0.5) is 13.2 Å². The number of benzene rings is 1. The van der Waals surface area contributed by atoms with E-state index < -0.39 is 11.7 Å². The van der Waals surface area contributed by atoms with Gasteiger partial charge in [0, 0.05) is 19.1 Å². The van der Waals surface area contributed by atoms with E-state index in [1.165, 1.54) is 25.0 Å². The van der Waals surface area contributed by atoms with E-state index in [0.29, 0.717) is 18.2 Å². The maximum absolute atomic E-state index is 12.6. The maximum atomic E-state index is 12.6. The standard InChI is InChI=1S/C15H21F3N2/c1-2-20-8-4-7-14(20)11-19-10-12-5-3-6-13(9-12)15(16,17)18/h3,5-6,9,14,19H,2,4,7-8,10-11H2,1H3. The van der Waals surface area contributed by atoms with E-state index in [4.69, 9.17) is 0 Å². The minimum atomic E-state index is -4.26. The first-order valence-corrected chi connectivity index (χ1v) is 7.11. The summed E-state index contributed by atoms with van der Waals surface area (Å²) in [5, 5.41) is 3.28. The maximum Gasteiger partial charge on any atom is 0.416 e. The number of nitrogens with one attached hydrogen (secondary N) is 1. The molecule has 5 heteroatoms. The van der Waals surface area contributed by atoms with E-state index in [-0.39, 0.29) is 0 Å². The summed E-state index contributed by atoms with van der Waals surface area (Å²) in [6.07, 6.45) is -1.88. The molecule has 0 bridgehead atoms. The molecule has 1 aromatic rings. The summed E-state index contributed by atoms with van der Waals surface area (Å²) in [6.45, 7) is 5.63. The number of halogens is 3. The molecular weight excluding hydrogens is 265 g/mol. The lowest BCUT2D eigenvalue weighted by Gasteiger charge is -2.23. The van der Waals surface area contributed by atoms with E-state index in [9.17, 15) is 13.2 Å². The monoisotopic (exact) mass is 286 g/mol. The van der Waals surface area contributed by atoms with Crippen molar-refractivity contribution in [3.63, 3.8) is 0 Å². The van der Waals surface area contributed by atoms with Gasteiger partial charge in [-0.25, -0.2) is 0 Å². The van der Waals surface area contributed by atoms with E-state index in [1.54, 1.807) is 6.07 Å². The van der Waals surface area contributed by atoms with Crippen LogP contribution in [0.2, 0.25) is 0 Å². The minimum absolute atomic E-state index is 0.484. The molecule has 1 unspecified atom stereocenters. The third-order valence-corrected chi connectivity index (χ3v) is 3.87. The van der Waals surface area contributed by atoms with Crippen molar-refractivity contribution in [1.29, 1.82) is 0 Å². The molecule has 0 aliphatic carbocycles. The Morgan fingerprint density at radius 3 is 2.85 bits per heavy atom. The van der Waals surface area contributed by atoms with Gasteiger partial charge in [-0.1, -0.05) is 25.1 Å². The second-order valence-corrected chi connectivity index (χ2v) is 5.25. The first kappa shape index (κ1) is 15.3. The smallest absolute Gasteiger partial charge is 0.311 e. The minimum Gasteiger partial charge on any atom is -0.311 e. The Bertz CT molecular complexity index is 431. The van der Waals surface area contributed by atoms with Crippen LogP contribution in [0.25, 0.3) is 0 Å². The van der Waals surface area contributed by atoms with Crippen molar-refractivity contribution < 1.29 is 13.2 Å². The average molecular weight is 286 g/mol.